The summed E-state index contributed by atoms with van der Waals surface area (Å²) in [4.78, 5) is 5.05. The Kier molecular flexibility index (Phi) is 6.98. The van der Waals surface area contributed by atoms with Crippen molar-refractivity contribution < 1.29 is 18.1 Å². The molecule has 8 heteroatoms. The zero-order valence-corrected chi connectivity index (χ0v) is 18.4. The summed E-state index contributed by atoms with van der Waals surface area (Å²) in [5, 5.41) is 2.07. The minimum atomic E-state index is -3.23. The van der Waals surface area contributed by atoms with Gasteiger partial charge in [-0.1, -0.05) is 6.07 Å². The Bertz CT molecular complexity index is 830. The van der Waals surface area contributed by atoms with Gasteiger partial charge in [0, 0.05) is 5.69 Å². The molecule has 0 radical (unpaired) electrons. The number of sulfonamides is 1. The normalized spacial score (nSPS) is 18.0. The van der Waals surface area contributed by atoms with Gasteiger partial charge in [-0.25, -0.2) is 13.1 Å². The third-order valence-corrected chi connectivity index (χ3v) is 7.82. The minimum Gasteiger partial charge on any atom is -0.497 e. The number of methoxy groups -OCH3 is 1. The second-order valence-corrected chi connectivity index (χ2v) is 10.2. The van der Waals surface area contributed by atoms with Crippen LogP contribution in [0, 0.1) is 0 Å². The highest BCUT2D eigenvalue weighted by molar-refractivity contribution is 7.89. The van der Waals surface area contributed by atoms with Gasteiger partial charge in [-0.05, 0) is 49.6 Å². The van der Waals surface area contributed by atoms with Crippen LogP contribution in [0.5, 0.6) is 5.75 Å². The highest BCUT2D eigenvalue weighted by Crippen LogP contribution is 2.22. The van der Waals surface area contributed by atoms with Crippen molar-refractivity contribution in [1.82, 2.24) is 4.72 Å². The molecular weight excluding hydrogens is 394 g/mol. The first-order valence-electron chi connectivity index (χ1n) is 9.70. The lowest BCUT2D eigenvalue weighted by molar-refractivity contribution is -0.933. The Morgan fingerprint density at radius 1 is 1.21 bits per heavy atom. The van der Waals surface area contributed by atoms with Gasteiger partial charge in [0.2, 0.25) is 10.0 Å². The molecule has 1 aromatic carbocycles. The Morgan fingerprint density at radius 3 is 2.43 bits per heavy atom. The summed E-state index contributed by atoms with van der Waals surface area (Å²) in [7, 11) is -1.56. The van der Waals surface area contributed by atoms with Crippen LogP contribution in [0.4, 0.5) is 5.69 Å². The van der Waals surface area contributed by atoms with Gasteiger partial charge in [-0.3, -0.25) is 0 Å². The fraction of sp³-hybridized carbons (Fsp3) is 0.500. The lowest BCUT2D eigenvalue weighted by atomic mass is 10.1. The number of anilines is 1. The Morgan fingerprint density at radius 2 is 1.89 bits per heavy atom. The van der Waals surface area contributed by atoms with Gasteiger partial charge in [0.25, 0.3) is 0 Å². The van der Waals surface area contributed by atoms with E-state index in [0.29, 0.717) is 0 Å². The molecule has 1 fully saturated rings. The first-order chi connectivity index (χ1) is 13.4. The smallest absolute Gasteiger partial charge is 0.211 e. The summed E-state index contributed by atoms with van der Waals surface area (Å²) in [6.07, 6.45) is 0. The van der Waals surface area contributed by atoms with Crippen LogP contribution in [0.15, 0.2) is 41.8 Å². The van der Waals surface area contributed by atoms with E-state index >= 15 is 0 Å². The molecule has 2 aromatic rings. The molecule has 154 valence electrons. The van der Waals surface area contributed by atoms with Gasteiger partial charge in [0.05, 0.1) is 50.0 Å². The maximum Gasteiger partial charge on any atom is 0.211 e. The van der Waals surface area contributed by atoms with E-state index in [1.807, 2.05) is 25.1 Å². The maximum atomic E-state index is 12.1. The van der Waals surface area contributed by atoms with E-state index in [9.17, 15) is 8.42 Å². The van der Waals surface area contributed by atoms with E-state index in [0.717, 1.165) is 31.9 Å². The molecule has 28 heavy (non-hydrogen) atoms. The van der Waals surface area contributed by atoms with Crippen LogP contribution < -0.4 is 19.3 Å². The van der Waals surface area contributed by atoms with Crippen molar-refractivity contribution in [3.05, 3.63) is 46.7 Å². The van der Waals surface area contributed by atoms with Crippen LogP contribution in [0.2, 0.25) is 0 Å². The number of ether oxygens (including phenoxy) is 1. The molecular formula is C20H30N3O3S2+. The number of nitrogens with one attached hydrogen (secondary N) is 2. The molecule has 1 saturated heterocycles. The second-order valence-electron chi connectivity index (χ2n) is 7.15. The standard InChI is InChI=1S/C20H29N3O3S2/c1-4-28(24,25)21-16(2)20(19-6-5-15-27-19)23-13-11-22(12-14-23)17-7-9-18(26-3)10-8-17/h5-10,15-16,20-21H,4,11-14H2,1-3H3/p+1/t16-,20+/m1/s1. The van der Waals surface area contributed by atoms with E-state index < -0.39 is 10.0 Å². The molecule has 1 aromatic heterocycles. The number of nitrogens with zero attached hydrogens (tertiary/aromatic N) is 1. The molecule has 1 aliphatic rings. The summed E-state index contributed by atoms with van der Waals surface area (Å²) < 4.78 is 32.4. The molecule has 0 saturated carbocycles. The molecule has 0 amide bonds. The number of hydrogen-bond acceptors (Lipinski definition) is 5. The summed E-state index contributed by atoms with van der Waals surface area (Å²) in [6.45, 7) is 7.48. The fourth-order valence-corrected chi connectivity index (χ4v) is 5.72. The van der Waals surface area contributed by atoms with Crippen LogP contribution in [0.3, 0.4) is 0 Å². The predicted molar refractivity (Wildman–Crippen MR) is 115 cm³/mol. The van der Waals surface area contributed by atoms with Gasteiger partial charge in [-0.15, -0.1) is 11.3 Å². The van der Waals surface area contributed by atoms with E-state index in [4.69, 9.17) is 4.74 Å². The fourth-order valence-electron chi connectivity index (χ4n) is 3.86. The summed E-state index contributed by atoms with van der Waals surface area (Å²) in [5.74, 6) is 0.970. The summed E-state index contributed by atoms with van der Waals surface area (Å²) in [5.41, 5.74) is 1.20. The molecule has 2 atom stereocenters. The van der Waals surface area contributed by atoms with Gasteiger partial charge >= 0.3 is 0 Å². The van der Waals surface area contributed by atoms with Crippen molar-refractivity contribution in [2.45, 2.75) is 25.9 Å². The van der Waals surface area contributed by atoms with E-state index in [-0.39, 0.29) is 17.8 Å². The zero-order valence-electron chi connectivity index (χ0n) is 16.7. The third-order valence-electron chi connectivity index (χ3n) is 5.38. The van der Waals surface area contributed by atoms with Gasteiger partial charge in [-0.2, -0.15) is 0 Å². The quantitative estimate of drug-likeness (QED) is 0.675. The molecule has 0 bridgehead atoms. The molecule has 2 heterocycles. The van der Waals surface area contributed by atoms with Crippen LogP contribution >= 0.6 is 11.3 Å². The van der Waals surface area contributed by atoms with Gasteiger partial charge < -0.3 is 14.5 Å². The first kappa shape index (κ1) is 21.1. The topological polar surface area (TPSA) is 63.1 Å². The van der Waals surface area contributed by atoms with Crippen molar-refractivity contribution in [2.75, 3.05) is 43.9 Å². The lowest BCUT2D eigenvalue weighted by Crippen LogP contribution is -3.16. The number of rotatable bonds is 8. The average Bonchev–Trinajstić information content (AvgIpc) is 3.22. The van der Waals surface area contributed by atoms with Crippen molar-refractivity contribution in [3.8, 4) is 5.75 Å². The van der Waals surface area contributed by atoms with Crippen molar-refractivity contribution in [2.24, 2.45) is 0 Å². The number of thiophene rings is 1. The van der Waals surface area contributed by atoms with Crippen LogP contribution in [-0.2, 0) is 10.0 Å². The average molecular weight is 425 g/mol. The van der Waals surface area contributed by atoms with Crippen LogP contribution in [-0.4, -0.2) is 53.5 Å². The SMILES string of the molecule is CCS(=O)(=O)N[C@H](C)[C@@H](c1cccs1)[NH+]1CCN(c2ccc(OC)cc2)CC1. The Labute approximate surface area is 172 Å². The molecule has 0 unspecified atom stereocenters. The highest BCUT2D eigenvalue weighted by Gasteiger charge is 2.35. The Hall–Kier alpha value is -1.61. The number of quaternary nitrogens is 1. The largest absolute Gasteiger partial charge is 0.497 e. The second kappa shape index (κ2) is 9.26. The zero-order chi connectivity index (χ0) is 20.1. The Balaban J connectivity index is 1.70. The molecule has 2 N–H and O–H groups in total. The molecule has 3 rings (SSSR count). The van der Waals surface area contributed by atoms with Crippen molar-refractivity contribution >= 4 is 27.0 Å². The molecule has 1 aliphatic heterocycles. The highest BCUT2D eigenvalue weighted by atomic mass is 32.2. The first-order valence-corrected chi connectivity index (χ1v) is 12.2. The van der Waals surface area contributed by atoms with Gasteiger partial charge in [0.1, 0.15) is 11.8 Å². The predicted octanol–water partition coefficient (Wildman–Crippen LogP) is 1.53. The molecule has 0 aliphatic carbocycles. The molecule has 0 spiro atoms. The monoisotopic (exact) mass is 424 g/mol. The van der Waals surface area contributed by atoms with Crippen molar-refractivity contribution in [1.29, 1.82) is 0 Å². The third kappa shape index (κ3) is 5.05. The van der Waals surface area contributed by atoms with E-state index in [1.165, 1.54) is 15.5 Å². The molecule has 6 nitrogen and oxygen atoms in total. The minimum absolute atomic E-state index is 0.106. The van der Waals surface area contributed by atoms with Crippen molar-refractivity contribution in [3.63, 3.8) is 0 Å². The summed E-state index contributed by atoms with van der Waals surface area (Å²) in [6, 6.07) is 12.3. The maximum absolute atomic E-state index is 12.1. The number of hydrogen-bond donors (Lipinski definition) is 2. The van der Waals surface area contributed by atoms with Gasteiger partial charge in [0.15, 0.2) is 0 Å². The number of benzene rings is 1. The van der Waals surface area contributed by atoms with E-state index in [2.05, 4.69) is 33.2 Å². The van der Waals surface area contributed by atoms with Crippen LogP contribution in [0.25, 0.3) is 0 Å². The summed E-state index contributed by atoms with van der Waals surface area (Å²) >= 11 is 1.70. The van der Waals surface area contributed by atoms with Crippen LogP contribution in [0.1, 0.15) is 24.8 Å². The number of piperazine rings is 1. The van der Waals surface area contributed by atoms with E-state index in [1.54, 1.807) is 25.4 Å². The lowest BCUT2D eigenvalue weighted by Gasteiger charge is -2.39.